The lowest BCUT2D eigenvalue weighted by Crippen LogP contribution is -2.46. The minimum atomic E-state index is -3.35. The lowest BCUT2D eigenvalue weighted by Gasteiger charge is -2.23. The van der Waals surface area contributed by atoms with Crippen molar-refractivity contribution in [3.8, 4) is 0 Å². The SMILES string of the molecule is CN(CCCN1C(=O)CC2(C1=O)C(=O)N(Cc1ccccc1)c1ccccc12)S(C)(=O)=O. The van der Waals surface area contributed by atoms with E-state index in [4.69, 9.17) is 0 Å². The third kappa shape index (κ3) is 3.61. The molecule has 9 heteroatoms. The summed E-state index contributed by atoms with van der Waals surface area (Å²) in [4.78, 5) is 42.7. The zero-order chi connectivity index (χ0) is 23.1. The Hall–Kier alpha value is -3.04. The number of nitrogens with zero attached hydrogens (tertiary/aromatic N) is 3. The molecule has 2 aromatic carbocycles. The number of hydrogen-bond donors (Lipinski definition) is 0. The van der Waals surface area contributed by atoms with E-state index < -0.39 is 33.2 Å². The van der Waals surface area contributed by atoms with Crippen molar-refractivity contribution in [2.24, 2.45) is 0 Å². The van der Waals surface area contributed by atoms with Crippen LogP contribution in [0.5, 0.6) is 0 Å². The zero-order valence-corrected chi connectivity index (χ0v) is 18.8. The average Bonchev–Trinajstić information content (AvgIpc) is 3.15. The maximum atomic E-state index is 13.6. The molecule has 1 unspecified atom stereocenters. The number of para-hydroxylation sites is 1. The van der Waals surface area contributed by atoms with Crippen LogP contribution >= 0.6 is 0 Å². The number of carbonyl (C=O) groups is 3. The second-order valence-corrected chi connectivity index (χ2v) is 10.4. The van der Waals surface area contributed by atoms with Crippen LogP contribution in [0.2, 0.25) is 0 Å². The van der Waals surface area contributed by atoms with Gasteiger partial charge in [0.25, 0.3) is 0 Å². The van der Waals surface area contributed by atoms with Gasteiger partial charge in [-0.05, 0) is 18.1 Å². The Morgan fingerprint density at radius 2 is 1.56 bits per heavy atom. The monoisotopic (exact) mass is 455 g/mol. The van der Waals surface area contributed by atoms with Gasteiger partial charge in [-0.15, -0.1) is 0 Å². The molecule has 0 radical (unpaired) electrons. The van der Waals surface area contributed by atoms with Gasteiger partial charge in [0.2, 0.25) is 27.7 Å². The van der Waals surface area contributed by atoms with E-state index in [1.54, 1.807) is 23.1 Å². The molecule has 2 aromatic rings. The first kappa shape index (κ1) is 22.2. The number of rotatable bonds is 7. The second-order valence-electron chi connectivity index (χ2n) is 8.26. The topological polar surface area (TPSA) is 95.1 Å². The Kier molecular flexibility index (Phi) is 5.64. The zero-order valence-electron chi connectivity index (χ0n) is 18.0. The summed E-state index contributed by atoms with van der Waals surface area (Å²) in [7, 11) is -1.90. The van der Waals surface area contributed by atoms with Gasteiger partial charge in [-0.1, -0.05) is 48.5 Å². The molecule has 168 valence electrons. The normalized spacial score (nSPS) is 20.7. The number of hydrogen-bond acceptors (Lipinski definition) is 5. The van der Waals surface area contributed by atoms with Crippen LogP contribution in [0.3, 0.4) is 0 Å². The van der Waals surface area contributed by atoms with E-state index in [1.807, 2.05) is 36.4 Å². The van der Waals surface area contributed by atoms with Gasteiger partial charge in [-0.3, -0.25) is 19.3 Å². The summed E-state index contributed by atoms with van der Waals surface area (Å²) >= 11 is 0. The molecule has 0 aromatic heterocycles. The summed E-state index contributed by atoms with van der Waals surface area (Å²) in [5, 5.41) is 0. The number of carbonyl (C=O) groups excluding carboxylic acids is 3. The van der Waals surface area contributed by atoms with E-state index in [1.165, 1.54) is 11.4 Å². The van der Waals surface area contributed by atoms with Crippen LogP contribution in [0.4, 0.5) is 5.69 Å². The second kappa shape index (κ2) is 8.14. The average molecular weight is 456 g/mol. The van der Waals surface area contributed by atoms with Crippen molar-refractivity contribution in [2.75, 3.05) is 31.3 Å². The van der Waals surface area contributed by atoms with E-state index >= 15 is 0 Å². The van der Waals surface area contributed by atoms with Gasteiger partial charge in [-0.25, -0.2) is 12.7 Å². The molecule has 0 saturated carbocycles. The van der Waals surface area contributed by atoms with Crippen LogP contribution < -0.4 is 4.90 Å². The molecular formula is C23H25N3O5S. The Morgan fingerprint density at radius 3 is 2.25 bits per heavy atom. The fraction of sp³-hybridized carbons (Fsp3) is 0.348. The predicted molar refractivity (Wildman–Crippen MR) is 119 cm³/mol. The Bertz CT molecular complexity index is 1180. The maximum Gasteiger partial charge on any atom is 0.250 e. The minimum absolute atomic E-state index is 0.0629. The Morgan fingerprint density at radius 1 is 0.938 bits per heavy atom. The number of amides is 3. The van der Waals surface area contributed by atoms with E-state index in [0.29, 0.717) is 24.2 Å². The molecule has 8 nitrogen and oxygen atoms in total. The lowest BCUT2D eigenvalue weighted by atomic mass is 9.80. The van der Waals surface area contributed by atoms with Crippen molar-refractivity contribution >= 4 is 33.4 Å². The minimum Gasteiger partial charge on any atom is -0.306 e. The van der Waals surface area contributed by atoms with Crippen molar-refractivity contribution in [3.63, 3.8) is 0 Å². The van der Waals surface area contributed by atoms with Gasteiger partial charge in [0.05, 0.1) is 19.2 Å². The number of fused-ring (bicyclic) bond motifs is 2. The molecule has 2 heterocycles. The molecule has 0 aliphatic carbocycles. The largest absolute Gasteiger partial charge is 0.306 e. The Labute approximate surface area is 187 Å². The molecule has 3 amide bonds. The highest BCUT2D eigenvalue weighted by atomic mass is 32.2. The fourth-order valence-electron chi connectivity index (χ4n) is 4.41. The third-order valence-corrected chi connectivity index (χ3v) is 7.51. The first-order valence-corrected chi connectivity index (χ1v) is 12.2. The van der Waals surface area contributed by atoms with Crippen LogP contribution in [0.25, 0.3) is 0 Å². The number of imide groups is 1. The summed E-state index contributed by atoms with van der Waals surface area (Å²) < 4.78 is 24.3. The third-order valence-electron chi connectivity index (χ3n) is 6.20. The van der Waals surface area contributed by atoms with Crippen LogP contribution in [0.1, 0.15) is 24.0 Å². The molecule has 1 spiro atoms. The summed E-state index contributed by atoms with van der Waals surface area (Å²) in [6, 6.07) is 16.6. The summed E-state index contributed by atoms with van der Waals surface area (Å²) in [6.45, 7) is 0.542. The fourth-order valence-corrected chi connectivity index (χ4v) is 4.87. The van der Waals surface area contributed by atoms with Crippen LogP contribution in [-0.2, 0) is 36.4 Å². The number of likely N-dealkylation sites (tertiary alicyclic amines) is 1. The maximum absolute atomic E-state index is 13.6. The molecular weight excluding hydrogens is 430 g/mol. The molecule has 0 bridgehead atoms. The molecule has 1 fully saturated rings. The van der Waals surface area contributed by atoms with Crippen molar-refractivity contribution in [2.45, 2.75) is 24.8 Å². The predicted octanol–water partition coefficient (Wildman–Crippen LogP) is 1.51. The van der Waals surface area contributed by atoms with Crippen LogP contribution in [-0.4, -0.2) is 61.7 Å². The lowest BCUT2D eigenvalue weighted by molar-refractivity contribution is -0.141. The molecule has 2 aliphatic rings. The van der Waals surface area contributed by atoms with Crippen molar-refractivity contribution in [3.05, 3.63) is 65.7 Å². The highest BCUT2D eigenvalue weighted by molar-refractivity contribution is 7.88. The van der Waals surface area contributed by atoms with Gasteiger partial charge in [0.15, 0.2) is 5.41 Å². The van der Waals surface area contributed by atoms with E-state index in [9.17, 15) is 22.8 Å². The summed E-state index contributed by atoms with van der Waals surface area (Å²) in [5.41, 5.74) is 0.562. The van der Waals surface area contributed by atoms with Crippen molar-refractivity contribution in [1.82, 2.24) is 9.21 Å². The van der Waals surface area contributed by atoms with E-state index in [0.717, 1.165) is 16.7 Å². The smallest absolute Gasteiger partial charge is 0.250 e. The van der Waals surface area contributed by atoms with Gasteiger partial charge < -0.3 is 4.90 Å². The number of anilines is 1. The van der Waals surface area contributed by atoms with Crippen molar-refractivity contribution < 1.29 is 22.8 Å². The quantitative estimate of drug-likeness (QED) is 0.466. The first-order valence-electron chi connectivity index (χ1n) is 10.4. The van der Waals surface area contributed by atoms with Crippen LogP contribution in [0.15, 0.2) is 54.6 Å². The van der Waals surface area contributed by atoms with E-state index in [2.05, 4.69) is 0 Å². The molecule has 1 atom stereocenters. The van der Waals surface area contributed by atoms with Gasteiger partial charge in [0.1, 0.15) is 0 Å². The molecule has 1 saturated heterocycles. The molecule has 2 aliphatic heterocycles. The van der Waals surface area contributed by atoms with Gasteiger partial charge >= 0.3 is 0 Å². The number of sulfonamides is 1. The Balaban J connectivity index is 1.61. The molecule has 0 N–H and O–H groups in total. The van der Waals surface area contributed by atoms with Gasteiger partial charge in [-0.2, -0.15) is 0 Å². The van der Waals surface area contributed by atoms with E-state index in [-0.39, 0.29) is 19.5 Å². The number of benzene rings is 2. The van der Waals surface area contributed by atoms with Crippen LogP contribution in [0, 0.1) is 0 Å². The molecule has 32 heavy (non-hydrogen) atoms. The highest BCUT2D eigenvalue weighted by Gasteiger charge is 2.63. The highest BCUT2D eigenvalue weighted by Crippen LogP contribution is 2.48. The summed E-state index contributed by atoms with van der Waals surface area (Å²) in [5.74, 6) is -1.34. The van der Waals surface area contributed by atoms with Crippen molar-refractivity contribution in [1.29, 1.82) is 0 Å². The standard InChI is InChI=1S/C23H25N3O5S/c1-24(32(2,30)31)13-8-14-25-20(27)15-23(21(25)28)18-11-6-7-12-19(18)26(22(23)29)16-17-9-4-3-5-10-17/h3-7,9-12H,8,13-16H2,1-2H3. The first-order chi connectivity index (χ1) is 15.2. The summed E-state index contributed by atoms with van der Waals surface area (Å²) in [6.07, 6.45) is 1.18. The van der Waals surface area contributed by atoms with Gasteiger partial charge in [0, 0.05) is 31.4 Å². The molecule has 4 rings (SSSR count).